The molecule has 17 heavy (non-hydrogen) atoms. The average Bonchev–Trinajstić information content (AvgIpc) is 2.75. The fourth-order valence-electron chi connectivity index (χ4n) is 1.63. The van der Waals surface area contributed by atoms with Crippen LogP contribution >= 0.6 is 11.6 Å². The number of rotatable bonds is 4. The van der Waals surface area contributed by atoms with Gasteiger partial charge in [0.2, 0.25) is 0 Å². The van der Waals surface area contributed by atoms with Gasteiger partial charge < -0.3 is 5.32 Å². The molecule has 1 aromatic carbocycles. The lowest BCUT2D eigenvalue weighted by atomic mass is 10.1. The smallest absolute Gasteiger partial charge is 0.0695 e. The second-order valence-corrected chi connectivity index (χ2v) is 4.75. The third-order valence-corrected chi connectivity index (χ3v) is 2.80. The van der Waals surface area contributed by atoms with E-state index < -0.39 is 0 Å². The Hall–Kier alpha value is -1.32. The van der Waals surface area contributed by atoms with Crippen molar-refractivity contribution in [1.29, 1.82) is 0 Å². The average molecular weight is 250 g/mol. The van der Waals surface area contributed by atoms with Crippen LogP contribution in [0.5, 0.6) is 0 Å². The summed E-state index contributed by atoms with van der Waals surface area (Å²) in [6.07, 6.45) is 1.86. The molecular weight excluding hydrogens is 234 g/mol. The van der Waals surface area contributed by atoms with Crippen molar-refractivity contribution < 1.29 is 0 Å². The first-order valence-electron chi connectivity index (χ1n) is 5.68. The molecule has 2 aromatic rings. The summed E-state index contributed by atoms with van der Waals surface area (Å²) in [7, 11) is 0. The molecule has 0 atom stereocenters. The number of benzene rings is 1. The molecule has 0 spiro atoms. The predicted octanol–water partition coefficient (Wildman–Crippen LogP) is 3.23. The van der Waals surface area contributed by atoms with Gasteiger partial charge in [-0.25, -0.2) is 0 Å². The zero-order valence-electron chi connectivity index (χ0n) is 10.00. The minimum absolute atomic E-state index is 0.461. The topological polar surface area (TPSA) is 40.7 Å². The quantitative estimate of drug-likeness (QED) is 0.874. The van der Waals surface area contributed by atoms with E-state index in [4.69, 9.17) is 11.6 Å². The van der Waals surface area contributed by atoms with E-state index >= 15 is 0 Å². The lowest BCUT2D eigenvalue weighted by molar-refractivity contribution is 0.589. The summed E-state index contributed by atoms with van der Waals surface area (Å²) in [6, 6.07) is 8.22. The van der Waals surface area contributed by atoms with Crippen molar-refractivity contribution in [3.63, 3.8) is 0 Å². The second kappa shape index (κ2) is 5.34. The molecular formula is C13H16ClN3. The van der Waals surface area contributed by atoms with Gasteiger partial charge in [-0.3, -0.25) is 5.10 Å². The molecule has 0 fully saturated rings. The standard InChI is InChI=1S/C13H16ClN3/c1-9(2)15-7-11-8-16-17-13(11)10-3-5-12(14)6-4-10/h3-6,8-9,15H,7H2,1-2H3,(H,16,17). The van der Waals surface area contributed by atoms with Crippen LogP contribution < -0.4 is 5.32 Å². The van der Waals surface area contributed by atoms with E-state index in [1.807, 2.05) is 30.5 Å². The van der Waals surface area contributed by atoms with Crippen LogP contribution in [0.15, 0.2) is 30.5 Å². The van der Waals surface area contributed by atoms with Gasteiger partial charge in [0, 0.05) is 23.2 Å². The molecule has 0 aliphatic carbocycles. The molecule has 0 aliphatic rings. The van der Waals surface area contributed by atoms with Crippen molar-refractivity contribution in [3.8, 4) is 11.3 Å². The Bertz CT molecular complexity index is 474. The Kier molecular flexibility index (Phi) is 3.82. The molecule has 0 amide bonds. The van der Waals surface area contributed by atoms with Crippen LogP contribution in [0.25, 0.3) is 11.3 Å². The zero-order valence-corrected chi connectivity index (χ0v) is 10.8. The number of H-pyrrole nitrogens is 1. The van der Waals surface area contributed by atoms with Gasteiger partial charge in [0.1, 0.15) is 0 Å². The molecule has 0 saturated heterocycles. The van der Waals surface area contributed by atoms with E-state index in [2.05, 4.69) is 29.4 Å². The highest BCUT2D eigenvalue weighted by atomic mass is 35.5. The summed E-state index contributed by atoms with van der Waals surface area (Å²) in [5.74, 6) is 0. The van der Waals surface area contributed by atoms with Crippen LogP contribution in [0.2, 0.25) is 5.02 Å². The van der Waals surface area contributed by atoms with E-state index in [1.54, 1.807) is 0 Å². The van der Waals surface area contributed by atoms with Crippen molar-refractivity contribution >= 4 is 11.6 Å². The number of hydrogen-bond acceptors (Lipinski definition) is 2. The van der Waals surface area contributed by atoms with Crippen molar-refractivity contribution in [2.45, 2.75) is 26.4 Å². The molecule has 90 valence electrons. The zero-order chi connectivity index (χ0) is 12.3. The summed E-state index contributed by atoms with van der Waals surface area (Å²) in [4.78, 5) is 0. The summed E-state index contributed by atoms with van der Waals surface area (Å²) in [6.45, 7) is 5.07. The maximum absolute atomic E-state index is 5.88. The Morgan fingerprint density at radius 2 is 2.00 bits per heavy atom. The lowest BCUT2D eigenvalue weighted by Crippen LogP contribution is -2.21. The summed E-state index contributed by atoms with van der Waals surface area (Å²) in [5, 5.41) is 11.3. The van der Waals surface area contributed by atoms with Crippen LogP contribution in [0.3, 0.4) is 0 Å². The molecule has 2 N–H and O–H groups in total. The van der Waals surface area contributed by atoms with Gasteiger partial charge in [0.05, 0.1) is 11.9 Å². The number of nitrogens with zero attached hydrogens (tertiary/aromatic N) is 1. The highest BCUT2D eigenvalue weighted by Gasteiger charge is 2.07. The third-order valence-electron chi connectivity index (χ3n) is 2.55. The van der Waals surface area contributed by atoms with Crippen LogP contribution in [0.4, 0.5) is 0 Å². The van der Waals surface area contributed by atoms with E-state index in [0.717, 1.165) is 22.8 Å². The van der Waals surface area contributed by atoms with Gasteiger partial charge in [-0.1, -0.05) is 37.6 Å². The van der Waals surface area contributed by atoms with Crippen LogP contribution in [-0.2, 0) is 6.54 Å². The first-order chi connectivity index (χ1) is 8.16. The van der Waals surface area contributed by atoms with E-state index in [1.165, 1.54) is 5.56 Å². The van der Waals surface area contributed by atoms with Gasteiger partial charge >= 0.3 is 0 Å². The highest BCUT2D eigenvalue weighted by Crippen LogP contribution is 2.22. The van der Waals surface area contributed by atoms with E-state index in [0.29, 0.717) is 6.04 Å². The van der Waals surface area contributed by atoms with Crippen molar-refractivity contribution in [1.82, 2.24) is 15.5 Å². The second-order valence-electron chi connectivity index (χ2n) is 4.31. The normalized spacial score (nSPS) is 11.1. The molecule has 0 unspecified atom stereocenters. The Morgan fingerprint density at radius 3 is 2.65 bits per heavy atom. The minimum Gasteiger partial charge on any atom is -0.310 e. The molecule has 1 heterocycles. The third kappa shape index (κ3) is 3.08. The number of nitrogens with one attached hydrogen (secondary N) is 2. The summed E-state index contributed by atoms with van der Waals surface area (Å²) >= 11 is 5.88. The molecule has 2 rings (SSSR count). The van der Waals surface area contributed by atoms with E-state index in [9.17, 15) is 0 Å². The summed E-state index contributed by atoms with van der Waals surface area (Å²) in [5.41, 5.74) is 3.32. The highest BCUT2D eigenvalue weighted by molar-refractivity contribution is 6.30. The number of aromatic nitrogens is 2. The van der Waals surface area contributed by atoms with Crippen molar-refractivity contribution in [2.75, 3.05) is 0 Å². The molecule has 1 aromatic heterocycles. The van der Waals surface area contributed by atoms with Gasteiger partial charge in [0.15, 0.2) is 0 Å². The fraction of sp³-hybridized carbons (Fsp3) is 0.308. The first-order valence-corrected chi connectivity index (χ1v) is 6.06. The largest absolute Gasteiger partial charge is 0.310 e. The van der Waals surface area contributed by atoms with Crippen LogP contribution in [-0.4, -0.2) is 16.2 Å². The molecule has 0 bridgehead atoms. The van der Waals surface area contributed by atoms with Crippen LogP contribution in [0, 0.1) is 0 Å². The number of halogens is 1. The molecule has 0 saturated carbocycles. The van der Waals surface area contributed by atoms with Gasteiger partial charge in [-0.15, -0.1) is 0 Å². The van der Waals surface area contributed by atoms with Crippen molar-refractivity contribution in [2.24, 2.45) is 0 Å². The number of aromatic amines is 1. The monoisotopic (exact) mass is 249 g/mol. The first kappa shape index (κ1) is 12.1. The van der Waals surface area contributed by atoms with Crippen molar-refractivity contribution in [3.05, 3.63) is 41.0 Å². The van der Waals surface area contributed by atoms with E-state index in [-0.39, 0.29) is 0 Å². The van der Waals surface area contributed by atoms with Gasteiger partial charge in [-0.2, -0.15) is 5.10 Å². The SMILES string of the molecule is CC(C)NCc1cn[nH]c1-c1ccc(Cl)cc1. The Morgan fingerprint density at radius 1 is 1.29 bits per heavy atom. The predicted molar refractivity (Wildman–Crippen MR) is 71.0 cm³/mol. The minimum atomic E-state index is 0.461. The fourth-order valence-corrected chi connectivity index (χ4v) is 1.75. The van der Waals surface area contributed by atoms with Gasteiger partial charge in [0.25, 0.3) is 0 Å². The molecule has 3 nitrogen and oxygen atoms in total. The molecule has 4 heteroatoms. The maximum atomic E-state index is 5.88. The van der Waals surface area contributed by atoms with Gasteiger partial charge in [-0.05, 0) is 17.7 Å². The van der Waals surface area contributed by atoms with Crippen LogP contribution in [0.1, 0.15) is 19.4 Å². The summed E-state index contributed by atoms with van der Waals surface area (Å²) < 4.78 is 0. The molecule has 0 aliphatic heterocycles. The Labute approximate surface area is 106 Å². The Balaban J connectivity index is 2.21. The lowest BCUT2D eigenvalue weighted by Gasteiger charge is -2.08. The molecule has 0 radical (unpaired) electrons. The maximum Gasteiger partial charge on any atom is 0.0695 e. The number of hydrogen-bond donors (Lipinski definition) is 2.